The van der Waals surface area contributed by atoms with Crippen molar-refractivity contribution in [2.45, 2.75) is 37.9 Å². The highest BCUT2D eigenvalue weighted by Crippen LogP contribution is 2.41. The SMILES string of the molecule is CN(C)C(C1=C(c2ccc(C(F)(F)F)cc2)CCCC1)c1ccccc1. The van der Waals surface area contributed by atoms with Gasteiger partial charge in [-0.25, -0.2) is 0 Å². The van der Waals surface area contributed by atoms with E-state index in [0.29, 0.717) is 0 Å². The van der Waals surface area contributed by atoms with Crippen molar-refractivity contribution in [3.05, 3.63) is 76.9 Å². The molecule has 1 nitrogen and oxygen atoms in total. The number of alkyl halides is 3. The van der Waals surface area contributed by atoms with Crippen LogP contribution < -0.4 is 0 Å². The highest BCUT2D eigenvalue weighted by Gasteiger charge is 2.30. The van der Waals surface area contributed by atoms with Crippen molar-refractivity contribution in [3.8, 4) is 0 Å². The zero-order chi connectivity index (χ0) is 18.7. The molecule has 0 spiro atoms. The molecule has 138 valence electrons. The maximum absolute atomic E-state index is 12.9. The van der Waals surface area contributed by atoms with Crippen LogP contribution in [-0.2, 0) is 6.18 Å². The zero-order valence-corrected chi connectivity index (χ0v) is 15.2. The summed E-state index contributed by atoms with van der Waals surface area (Å²) in [4.78, 5) is 2.19. The summed E-state index contributed by atoms with van der Waals surface area (Å²) in [5, 5.41) is 0. The van der Waals surface area contributed by atoms with Crippen LogP contribution in [0.2, 0.25) is 0 Å². The third kappa shape index (κ3) is 4.01. The van der Waals surface area contributed by atoms with E-state index < -0.39 is 11.7 Å². The van der Waals surface area contributed by atoms with Gasteiger partial charge < -0.3 is 0 Å². The third-order valence-corrected chi connectivity index (χ3v) is 5.03. The van der Waals surface area contributed by atoms with Crippen LogP contribution in [0.3, 0.4) is 0 Å². The second kappa shape index (κ2) is 7.67. The van der Waals surface area contributed by atoms with Gasteiger partial charge in [-0.05, 0) is 74.2 Å². The number of hydrogen-bond acceptors (Lipinski definition) is 1. The first kappa shape index (κ1) is 18.7. The van der Waals surface area contributed by atoms with Gasteiger partial charge in [-0.2, -0.15) is 13.2 Å². The average Bonchev–Trinajstić information content (AvgIpc) is 2.62. The molecule has 0 fully saturated rings. The average molecular weight is 359 g/mol. The van der Waals surface area contributed by atoms with Crippen molar-refractivity contribution in [3.63, 3.8) is 0 Å². The Labute approximate surface area is 153 Å². The molecule has 26 heavy (non-hydrogen) atoms. The number of likely N-dealkylation sites (N-methyl/N-ethyl adjacent to an activating group) is 1. The van der Waals surface area contributed by atoms with Gasteiger partial charge in [0.2, 0.25) is 0 Å². The van der Waals surface area contributed by atoms with Crippen LogP contribution in [0, 0.1) is 0 Å². The lowest BCUT2D eigenvalue weighted by Gasteiger charge is -2.32. The summed E-state index contributed by atoms with van der Waals surface area (Å²) in [5.74, 6) is 0. The van der Waals surface area contributed by atoms with Crippen LogP contribution in [0.4, 0.5) is 13.2 Å². The fourth-order valence-corrected chi connectivity index (χ4v) is 3.87. The minimum atomic E-state index is -4.29. The first-order valence-corrected chi connectivity index (χ1v) is 8.99. The van der Waals surface area contributed by atoms with E-state index in [2.05, 4.69) is 31.1 Å². The molecule has 2 aromatic carbocycles. The number of halogens is 3. The molecule has 0 heterocycles. The molecule has 1 aliphatic rings. The van der Waals surface area contributed by atoms with Gasteiger partial charge in [-0.15, -0.1) is 0 Å². The highest BCUT2D eigenvalue weighted by atomic mass is 19.4. The van der Waals surface area contributed by atoms with Crippen LogP contribution >= 0.6 is 0 Å². The van der Waals surface area contributed by atoms with Gasteiger partial charge in [0.1, 0.15) is 0 Å². The molecule has 0 saturated carbocycles. The normalized spacial score (nSPS) is 16.8. The van der Waals surface area contributed by atoms with E-state index in [9.17, 15) is 13.2 Å². The number of hydrogen-bond donors (Lipinski definition) is 0. The molecule has 4 heteroatoms. The Kier molecular flexibility index (Phi) is 5.52. The lowest BCUT2D eigenvalue weighted by molar-refractivity contribution is -0.137. The Morgan fingerprint density at radius 2 is 1.46 bits per heavy atom. The minimum absolute atomic E-state index is 0.147. The molecule has 1 unspecified atom stereocenters. The van der Waals surface area contributed by atoms with Crippen LogP contribution in [0.5, 0.6) is 0 Å². The van der Waals surface area contributed by atoms with Crippen molar-refractivity contribution < 1.29 is 13.2 Å². The van der Waals surface area contributed by atoms with E-state index >= 15 is 0 Å². The van der Waals surface area contributed by atoms with Crippen molar-refractivity contribution in [1.29, 1.82) is 0 Å². The topological polar surface area (TPSA) is 3.24 Å². The number of nitrogens with zero attached hydrogens (tertiary/aromatic N) is 1. The molecule has 1 aliphatic carbocycles. The first-order valence-electron chi connectivity index (χ1n) is 8.99. The van der Waals surface area contributed by atoms with Crippen molar-refractivity contribution in [2.24, 2.45) is 0 Å². The summed E-state index contributed by atoms with van der Waals surface area (Å²) >= 11 is 0. The largest absolute Gasteiger partial charge is 0.416 e. The van der Waals surface area contributed by atoms with Gasteiger partial charge >= 0.3 is 6.18 Å². The van der Waals surface area contributed by atoms with Crippen molar-refractivity contribution in [1.82, 2.24) is 4.90 Å². The van der Waals surface area contributed by atoms with Gasteiger partial charge in [0.15, 0.2) is 0 Å². The Balaban J connectivity index is 2.05. The molecule has 0 N–H and O–H groups in total. The van der Waals surface area contributed by atoms with Gasteiger partial charge in [0.25, 0.3) is 0 Å². The van der Waals surface area contributed by atoms with Crippen LogP contribution in [0.15, 0.2) is 60.2 Å². The lowest BCUT2D eigenvalue weighted by atomic mass is 9.81. The summed E-state index contributed by atoms with van der Waals surface area (Å²) in [6, 6.07) is 16.1. The smallest absolute Gasteiger partial charge is 0.299 e. The molecule has 0 saturated heterocycles. The molecular formula is C22H24F3N. The van der Waals surface area contributed by atoms with Gasteiger partial charge in [0.05, 0.1) is 11.6 Å². The van der Waals surface area contributed by atoms with Crippen LogP contribution in [-0.4, -0.2) is 19.0 Å². The van der Waals surface area contributed by atoms with E-state index in [4.69, 9.17) is 0 Å². The molecule has 0 amide bonds. The maximum atomic E-state index is 12.9. The molecule has 0 aliphatic heterocycles. The predicted molar refractivity (Wildman–Crippen MR) is 99.7 cm³/mol. The molecule has 0 bridgehead atoms. The molecule has 2 aromatic rings. The Hall–Kier alpha value is -2.07. The van der Waals surface area contributed by atoms with Gasteiger partial charge in [0, 0.05) is 0 Å². The summed E-state index contributed by atoms with van der Waals surface area (Å²) in [6.07, 6.45) is -0.198. The third-order valence-electron chi connectivity index (χ3n) is 5.03. The maximum Gasteiger partial charge on any atom is 0.416 e. The summed E-state index contributed by atoms with van der Waals surface area (Å²) in [5.41, 5.74) is 4.07. The number of rotatable bonds is 4. The van der Waals surface area contributed by atoms with E-state index in [0.717, 1.165) is 31.2 Å². The van der Waals surface area contributed by atoms with E-state index in [1.807, 2.05) is 18.2 Å². The van der Waals surface area contributed by atoms with Crippen LogP contribution in [0.1, 0.15) is 48.4 Å². The van der Waals surface area contributed by atoms with Gasteiger partial charge in [-0.1, -0.05) is 42.5 Å². The van der Waals surface area contributed by atoms with E-state index in [-0.39, 0.29) is 6.04 Å². The van der Waals surface area contributed by atoms with Crippen molar-refractivity contribution in [2.75, 3.05) is 14.1 Å². The fraction of sp³-hybridized carbons (Fsp3) is 0.364. The number of benzene rings is 2. The Morgan fingerprint density at radius 3 is 2.04 bits per heavy atom. The van der Waals surface area contributed by atoms with Crippen LogP contribution in [0.25, 0.3) is 5.57 Å². The second-order valence-electron chi connectivity index (χ2n) is 7.06. The second-order valence-corrected chi connectivity index (χ2v) is 7.06. The van der Waals surface area contributed by atoms with E-state index in [1.54, 1.807) is 12.1 Å². The summed E-state index contributed by atoms with van der Waals surface area (Å²) in [6.45, 7) is 0. The quantitative estimate of drug-likeness (QED) is 0.616. The first-order chi connectivity index (χ1) is 12.4. The minimum Gasteiger partial charge on any atom is -0.299 e. The predicted octanol–water partition coefficient (Wildman–Crippen LogP) is 6.34. The summed E-state index contributed by atoms with van der Waals surface area (Å²) < 4.78 is 38.6. The Bertz CT molecular complexity index is 758. The fourth-order valence-electron chi connectivity index (χ4n) is 3.87. The van der Waals surface area contributed by atoms with Crippen molar-refractivity contribution >= 4 is 5.57 Å². The highest BCUT2D eigenvalue weighted by molar-refractivity contribution is 5.71. The standard InChI is InChI=1S/C22H24F3N/c1-26(2)21(17-8-4-3-5-9-17)20-11-7-6-10-19(20)16-12-14-18(15-13-16)22(23,24)25/h3-5,8-9,12-15,21H,6-7,10-11H2,1-2H3. The Morgan fingerprint density at radius 1 is 0.846 bits per heavy atom. The molecule has 0 radical (unpaired) electrons. The number of allylic oxidation sites excluding steroid dienone is 1. The lowest BCUT2D eigenvalue weighted by Crippen LogP contribution is -2.24. The molecule has 0 aromatic heterocycles. The zero-order valence-electron chi connectivity index (χ0n) is 15.2. The van der Waals surface area contributed by atoms with Gasteiger partial charge in [-0.3, -0.25) is 4.90 Å². The van der Waals surface area contributed by atoms with E-state index in [1.165, 1.54) is 28.8 Å². The summed E-state index contributed by atoms with van der Waals surface area (Å²) in [7, 11) is 4.12. The molecule has 1 atom stereocenters. The molecular weight excluding hydrogens is 335 g/mol. The monoisotopic (exact) mass is 359 g/mol. The molecule has 3 rings (SSSR count).